The Labute approximate surface area is 173 Å². The molecule has 0 aromatic heterocycles. The largest absolute Gasteiger partial charge is 0.455 e. The third-order valence-corrected chi connectivity index (χ3v) is 5.08. The van der Waals surface area contributed by atoms with Crippen LogP contribution in [-0.4, -0.2) is 33.2 Å². The van der Waals surface area contributed by atoms with E-state index < -0.39 is 26.6 Å². The summed E-state index contributed by atoms with van der Waals surface area (Å²) in [6.07, 6.45) is 1.75. The molecular weight excluding hydrogens is 429 g/mol. The van der Waals surface area contributed by atoms with Gasteiger partial charge in [0.05, 0.1) is 24.0 Å². The van der Waals surface area contributed by atoms with Crippen LogP contribution in [-0.2, 0) is 20.9 Å². The van der Waals surface area contributed by atoms with Crippen molar-refractivity contribution < 1.29 is 14.3 Å². The van der Waals surface area contributed by atoms with Crippen molar-refractivity contribution in [2.24, 2.45) is 0 Å². The number of ether oxygens (including phenoxy) is 2. The molecule has 1 aromatic carbocycles. The number of hydrogen-bond acceptors (Lipinski definition) is 3. The van der Waals surface area contributed by atoms with Gasteiger partial charge in [0.15, 0.2) is 0 Å². The summed E-state index contributed by atoms with van der Waals surface area (Å²) in [6, 6.07) is 9.57. The molecule has 0 N–H and O–H groups in total. The fraction of sp³-hybridized carbons (Fsp3) is 0.588. The number of halogens is 5. The van der Waals surface area contributed by atoms with Gasteiger partial charge >= 0.3 is 5.97 Å². The number of unbranched alkanes of at least 4 members (excludes halogenated alkanes) is 1. The SMILES string of the molecule is CCCC[C@H](Cl)[C@@H](Cl)[C@@H](COCc1ccccc1)OC(=O)C(Cl)(Cl)Cl. The van der Waals surface area contributed by atoms with Crippen LogP contribution in [0.5, 0.6) is 0 Å². The van der Waals surface area contributed by atoms with Gasteiger partial charge in [0.25, 0.3) is 3.79 Å². The summed E-state index contributed by atoms with van der Waals surface area (Å²) in [5.74, 6) is -1.00. The number of rotatable bonds is 10. The molecule has 1 rings (SSSR count). The van der Waals surface area contributed by atoms with E-state index in [4.69, 9.17) is 67.5 Å². The highest BCUT2D eigenvalue weighted by atomic mass is 35.6. The van der Waals surface area contributed by atoms with E-state index in [2.05, 4.69) is 6.92 Å². The molecule has 0 bridgehead atoms. The van der Waals surface area contributed by atoms with Crippen molar-refractivity contribution in [2.75, 3.05) is 6.61 Å². The third-order valence-electron chi connectivity index (χ3n) is 3.42. The van der Waals surface area contributed by atoms with E-state index in [0.717, 1.165) is 18.4 Å². The average Bonchev–Trinajstić information content (AvgIpc) is 2.58. The third kappa shape index (κ3) is 9.03. The summed E-state index contributed by atoms with van der Waals surface area (Å²) < 4.78 is 8.68. The second kappa shape index (κ2) is 11.7. The first-order valence-electron chi connectivity index (χ1n) is 7.93. The quantitative estimate of drug-likeness (QED) is 0.329. The molecule has 0 unspecified atom stereocenters. The van der Waals surface area contributed by atoms with E-state index in [1.165, 1.54) is 0 Å². The summed E-state index contributed by atoms with van der Waals surface area (Å²) >= 11 is 29.4. The fourth-order valence-electron chi connectivity index (χ4n) is 2.05. The minimum Gasteiger partial charge on any atom is -0.455 e. The Morgan fingerprint density at radius 2 is 1.80 bits per heavy atom. The van der Waals surface area contributed by atoms with Crippen LogP contribution >= 0.6 is 58.0 Å². The summed E-state index contributed by atoms with van der Waals surface area (Å²) in [5.41, 5.74) is 0.980. The Morgan fingerprint density at radius 3 is 2.36 bits per heavy atom. The van der Waals surface area contributed by atoms with Crippen molar-refractivity contribution in [3.63, 3.8) is 0 Å². The molecule has 0 spiro atoms. The Kier molecular flexibility index (Phi) is 10.9. The zero-order valence-electron chi connectivity index (χ0n) is 13.8. The lowest BCUT2D eigenvalue weighted by Gasteiger charge is -2.27. The van der Waals surface area contributed by atoms with E-state index in [1.807, 2.05) is 30.3 Å². The minimum absolute atomic E-state index is 0.0465. The van der Waals surface area contributed by atoms with Crippen molar-refractivity contribution in [1.29, 1.82) is 0 Å². The summed E-state index contributed by atoms with van der Waals surface area (Å²) in [4.78, 5) is 11.9. The van der Waals surface area contributed by atoms with E-state index in [0.29, 0.717) is 13.0 Å². The molecule has 0 amide bonds. The summed E-state index contributed by atoms with van der Waals surface area (Å²) in [5, 5.41) is -1.06. The average molecular weight is 451 g/mol. The van der Waals surface area contributed by atoms with Crippen LogP contribution in [0.3, 0.4) is 0 Å². The Morgan fingerprint density at radius 1 is 1.16 bits per heavy atom. The van der Waals surface area contributed by atoms with Crippen molar-refractivity contribution >= 4 is 64.0 Å². The van der Waals surface area contributed by atoms with Crippen LogP contribution in [0.2, 0.25) is 0 Å². The van der Waals surface area contributed by atoms with Crippen molar-refractivity contribution in [2.45, 2.75) is 53.4 Å². The van der Waals surface area contributed by atoms with Gasteiger partial charge < -0.3 is 9.47 Å². The van der Waals surface area contributed by atoms with Crippen molar-refractivity contribution in [1.82, 2.24) is 0 Å². The van der Waals surface area contributed by atoms with Gasteiger partial charge in [-0.1, -0.05) is 84.9 Å². The second-order valence-corrected chi connectivity index (χ2v) is 8.89. The zero-order chi connectivity index (χ0) is 18.9. The maximum absolute atomic E-state index is 11.9. The second-order valence-electron chi connectivity index (χ2n) is 5.54. The van der Waals surface area contributed by atoms with Crippen LogP contribution in [0.4, 0.5) is 0 Å². The first kappa shape index (κ1) is 23.1. The molecule has 0 heterocycles. The molecule has 0 aliphatic carbocycles. The van der Waals surface area contributed by atoms with Crippen LogP contribution in [0.25, 0.3) is 0 Å². The van der Waals surface area contributed by atoms with Crippen molar-refractivity contribution in [3.05, 3.63) is 35.9 Å². The van der Waals surface area contributed by atoms with Gasteiger partial charge in [-0.2, -0.15) is 0 Å². The number of benzene rings is 1. The molecule has 1 aromatic rings. The summed E-state index contributed by atoms with van der Waals surface area (Å²) in [6.45, 7) is 2.44. The standard InChI is InChI=1S/C17H21Cl5O3/c1-2-3-9-13(18)15(19)14(25-16(23)17(20,21)22)11-24-10-12-7-5-4-6-8-12/h4-8,13-15H,2-3,9-11H2,1H3/t13-,14+,15+/m0/s1. The molecule has 3 nitrogen and oxygen atoms in total. The smallest absolute Gasteiger partial charge is 0.358 e. The van der Waals surface area contributed by atoms with E-state index in [-0.39, 0.29) is 6.61 Å². The predicted octanol–water partition coefficient (Wildman–Crippen LogP) is 5.89. The Balaban J connectivity index is 2.67. The number of esters is 1. The van der Waals surface area contributed by atoms with Gasteiger partial charge in [0.2, 0.25) is 0 Å². The minimum atomic E-state index is -2.18. The highest BCUT2D eigenvalue weighted by Crippen LogP contribution is 2.30. The number of carbonyl (C=O) groups excluding carboxylic acids is 1. The maximum Gasteiger partial charge on any atom is 0.358 e. The lowest BCUT2D eigenvalue weighted by atomic mass is 10.1. The number of alkyl halides is 5. The van der Waals surface area contributed by atoms with Gasteiger partial charge in [0, 0.05) is 0 Å². The van der Waals surface area contributed by atoms with E-state index in [1.54, 1.807) is 0 Å². The van der Waals surface area contributed by atoms with Crippen LogP contribution in [0, 0.1) is 0 Å². The fourth-order valence-corrected chi connectivity index (χ4v) is 2.75. The van der Waals surface area contributed by atoms with Crippen molar-refractivity contribution in [3.8, 4) is 0 Å². The van der Waals surface area contributed by atoms with Gasteiger partial charge in [-0.15, -0.1) is 23.2 Å². The molecule has 0 radical (unpaired) electrons. The van der Waals surface area contributed by atoms with Gasteiger partial charge in [-0.25, -0.2) is 4.79 Å². The lowest BCUT2D eigenvalue weighted by molar-refractivity contribution is -0.151. The summed E-state index contributed by atoms with van der Waals surface area (Å²) in [7, 11) is 0. The van der Waals surface area contributed by atoms with Crippen LogP contribution in [0.15, 0.2) is 30.3 Å². The molecule has 0 saturated carbocycles. The topological polar surface area (TPSA) is 35.5 Å². The highest BCUT2D eigenvalue weighted by molar-refractivity contribution is 6.75. The van der Waals surface area contributed by atoms with Gasteiger partial charge in [-0.3, -0.25) is 0 Å². The molecule has 25 heavy (non-hydrogen) atoms. The monoisotopic (exact) mass is 448 g/mol. The zero-order valence-corrected chi connectivity index (χ0v) is 17.5. The molecular formula is C17H21Cl5O3. The normalized spacial score (nSPS) is 15.4. The van der Waals surface area contributed by atoms with Crippen LogP contribution in [0.1, 0.15) is 31.7 Å². The molecule has 142 valence electrons. The van der Waals surface area contributed by atoms with Gasteiger partial charge in [-0.05, 0) is 12.0 Å². The number of hydrogen-bond donors (Lipinski definition) is 0. The molecule has 0 saturated heterocycles. The molecule has 0 aliphatic heterocycles. The molecule has 0 aliphatic rings. The van der Waals surface area contributed by atoms with Gasteiger partial charge in [0.1, 0.15) is 6.10 Å². The molecule has 8 heteroatoms. The van der Waals surface area contributed by atoms with E-state index >= 15 is 0 Å². The first-order chi connectivity index (χ1) is 11.8. The van der Waals surface area contributed by atoms with E-state index in [9.17, 15) is 4.79 Å². The predicted molar refractivity (Wildman–Crippen MR) is 105 cm³/mol. The lowest BCUT2D eigenvalue weighted by Crippen LogP contribution is -2.40. The molecule has 3 atom stereocenters. The first-order valence-corrected chi connectivity index (χ1v) is 9.94. The number of carbonyl (C=O) groups is 1. The highest BCUT2D eigenvalue weighted by Gasteiger charge is 2.38. The Bertz CT molecular complexity index is 507. The van der Waals surface area contributed by atoms with Crippen LogP contribution < -0.4 is 0 Å². The maximum atomic E-state index is 11.9. The Hall–Kier alpha value is 0.1000. The molecule has 0 fully saturated rings.